The van der Waals surface area contributed by atoms with E-state index in [-0.39, 0.29) is 0 Å². The molecule has 4 heteroatoms. The lowest BCUT2D eigenvalue weighted by Gasteiger charge is -2.25. The highest BCUT2D eigenvalue weighted by Gasteiger charge is 2.18. The fourth-order valence-electron chi connectivity index (χ4n) is 2.50. The maximum absolute atomic E-state index is 5.47. The van der Waals surface area contributed by atoms with Crippen molar-refractivity contribution >= 4 is 0 Å². The van der Waals surface area contributed by atoms with Crippen LogP contribution in [0.25, 0.3) is 0 Å². The van der Waals surface area contributed by atoms with Gasteiger partial charge in [0.25, 0.3) is 0 Å². The largest absolute Gasteiger partial charge is 0.454 e. The van der Waals surface area contributed by atoms with Crippen molar-refractivity contribution in [1.29, 1.82) is 0 Å². The molecular formula is C16H26N2O2. The highest BCUT2D eigenvalue weighted by Crippen LogP contribution is 2.34. The van der Waals surface area contributed by atoms with Gasteiger partial charge in [-0.1, -0.05) is 26.3 Å². The third-order valence-electron chi connectivity index (χ3n) is 3.64. The average Bonchev–Trinajstić information content (AvgIpc) is 2.92. The van der Waals surface area contributed by atoms with E-state index in [0.29, 0.717) is 12.8 Å². The Morgan fingerprint density at radius 2 is 2.05 bits per heavy atom. The quantitative estimate of drug-likeness (QED) is 0.793. The lowest BCUT2D eigenvalue weighted by atomic mass is 10.1. The van der Waals surface area contributed by atoms with E-state index in [0.717, 1.165) is 31.1 Å². The summed E-state index contributed by atoms with van der Waals surface area (Å²) in [7, 11) is 2.19. The highest BCUT2D eigenvalue weighted by molar-refractivity contribution is 5.45. The smallest absolute Gasteiger partial charge is 0.231 e. The summed E-state index contributed by atoms with van der Waals surface area (Å²) in [4.78, 5) is 2.39. The minimum Gasteiger partial charge on any atom is -0.454 e. The summed E-state index contributed by atoms with van der Waals surface area (Å²) in [5.41, 5.74) is 1.26. The van der Waals surface area contributed by atoms with Gasteiger partial charge in [0.15, 0.2) is 11.5 Å². The van der Waals surface area contributed by atoms with Crippen LogP contribution in [0.4, 0.5) is 0 Å². The van der Waals surface area contributed by atoms with E-state index in [2.05, 4.69) is 43.2 Å². The Bertz CT molecular complexity index is 423. The minimum atomic E-state index is 0.330. The van der Waals surface area contributed by atoms with Crippen molar-refractivity contribution in [3.63, 3.8) is 0 Å². The van der Waals surface area contributed by atoms with Crippen molar-refractivity contribution in [2.45, 2.75) is 32.7 Å². The van der Waals surface area contributed by atoms with Gasteiger partial charge in [-0.25, -0.2) is 0 Å². The summed E-state index contributed by atoms with van der Waals surface area (Å²) < 4.78 is 10.8. The van der Waals surface area contributed by atoms with E-state index in [4.69, 9.17) is 9.47 Å². The van der Waals surface area contributed by atoms with Crippen LogP contribution in [0, 0.1) is 0 Å². The molecule has 20 heavy (non-hydrogen) atoms. The van der Waals surface area contributed by atoms with E-state index in [1.165, 1.54) is 18.4 Å². The summed E-state index contributed by atoms with van der Waals surface area (Å²) >= 11 is 0. The fourth-order valence-corrected chi connectivity index (χ4v) is 2.50. The lowest BCUT2D eigenvalue weighted by Crippen LogP contribution is -2.33. The van der Waals surface area contributed by atoms with Crippen LogP contribution in [0.3, 0.4) is 0 Å². The van der Waals surface area contributed by atoms with Gasteiger partial charge < -0.3 is 19.7 Å². The maximum atomic E-state index is 5.47. The molecule has 1 aromatic carbocycles. The van der Waals surface area contributed by atoms with Crippen LogP contribution in [0.1, 0.15) is 38.3 Å². The van der Waals surface area contributed by atoms with Crippen LogP contribution in [-0.2, 0) is 0 Å². The number of nitrogens with one attached hydrogen (secondary N) is 1. The van der Waals surface area contributed by atoms with Crippen LogP contribution in [-0.4, -0.2) is 38.4 Å². The molecule has 1 heterocycles. The van der Waals surface area contributed by atoms with Crippen LogP contribution >= 0.6 is 0 Å². The molecule has 1 N–H and O–H groups in total. The van der Waals surface area contributed by atoms with Crippen LogP contribution < -0.4 is 14.8 Å². The monoisotopic (exact) mass is 278 g/mol. The van der Waals surface area contributed by atoms with Gasteiger partial charge in [0, 0.05) is 12.6 Å². The number of hydrogen-bond donors (Lipinski definition) is 1. The van der Waals surface area contributed by atoms with Crippen molar-refractivity contribution in [1.82, 2.24) is 10.2 Å². The zero-order chi connectivity index (χ0) is 14.4. The summed E-state index contributed by atoms with van der Waals surface area (Å²) in [5.74, 6) is 1.71. The van der Waals surface area contributed by atoms with Crippen molar-refractivity contribution in [2.24, 2.45) is 0 Å². The first-order chi connectivity index (χ1) is 9.74. The minimum absolute atomic E-state index is 0.330. The molecule has 0 fully saturated rings. The number of nitrogens with zero attached hydrogens (tertiary/aromatic N) is 1. The van der Waals surface area contributed by atoms with Gasteiger partial charge in [0.2, 0.25) is 6.79 Å². The molecule has 0 aromatic heterocycles. The van der Waals surface area contributed by atoms with Gasteiger partial charge in [0.1, 0.15) is 0 Å². The Kier molecular flexibility index (Phi) is 5.68. The predicted octanol–water partition coefficient (Wildman–Crippen LogP) is 2.80. The Labute approximate surface area is 122 Å². The topological polar surface area (TPSA) is 33.7 Å². The van der Waals surface area contributed by atoms with Gasteiger partial charge in [-0.15, -0.1) is 0 Å². The molecule has 1 atom stereocenters. The Morgan fingerprint density at radius 1 is 1.25 bits per heavy atom. The van der Waals surface area contributed by atoms with E-state index in [1.807, 2.05) is 6.07 Å². The maximum Gasteiger partial charge on any atom is 0.231 e. The summed E-state index contributed by atoms with van der Waals surface area (Å²) in [6.45, 7) is 7.82. The molecule has 4 nitrogen and oxygen atoms in total. The van der Waals surface area contributed by atoms with Crippen LogP contribution in [0.2, 0.25) is 0 Å². The molecule has 1 aromatic rings. The lowest BCUT2D eigenvalue weighted by molar-refractivity contribution is 0.174. The molecule has 0 bridgehead atoms. The number of rotatable bonds is 8. The molecule has 1 unspecified atom stereocenters. The summed E-state index contributed by atoms with van der Waals surface area (Å²) in [5, 5.41) is 3.56. The predicted molar refractivity (Wildman–Crippen MR) is 81.4 cm³/mol. The second-order valence-corrected chi connectivity index (χ2v) is 5.34. The molecule has 1 aliphatic heterocycles. The molecule has 0 radical (unpaired) electrons. The second kappa shape index (κ2) is 7.50. The standard InChI is InChI=1S/C16H26N2O2/c1-4-6-9-18(3)11-14(17-5-2)13-7-8-15-16(10-13)20-12-19-15/h7-8,10,14,17H,4-6,9,11-12H2,1-3H3. The summed E-state index contributed by atoms with van der Waals surface area (Å²) in [6, 6.07) is 6.57. The molecule has 0 saturated carbocycles. The first-order valence-corrected chi connectivity index (χ1v) is 7.56. The molecule has 0 spiro atoms. The molecule has 2 rings (SSSR count). The molecule has 0 saturated heterocycles. The molecule has 112 valence electrons. The van der Waals surface area contributed by atoms with Gasteiger partial charge in [-0.05, 0) is 44.3 Å². The highest BCUT2D eigenvalue weighted by atomic mass is 16.7. The van der Waals surface area contributed by atoms with Crippen molar-refractivity contribution in [2.75, 3.05) is 33.5 Å². The average molecular weight is 278 g/mol. The van der Waals surface area contributed by atoms with E-state index < -0.39 is 0 Å². The Morgan fingerprint density at radius 3 is 2.80 bits per heavy atom. The van der Waals surface area contributed by atoms with Gasteiger partial charge in [0.05, 0.1) is 0 Å². The normalized spacial score (nSPS) is 14.8. The first kappa shape index (κ1) is 15.1. The number of likely N-dealkylation sites (N-methyl/N-ethyl adjacent to an activating group) is 2. The van der Waals surface area contributed by atoms with Crippen molar-refractivity contribution < 1.29 is 9.47 Å². The number of ether oxygens (including phenoxy) is 2. The van der Waals surface area contributed by atoms with Crippen LogP contribution in [0.5, 0.6) is 11.5 Å². The molecule has 0 amide bonds. The zero-order valence-electron chi connectivity index (χ0n) is 12.8. The van der Waals surface area contributed by atoms with E-state index in [9.17, 15) is 0 Å². The first-order valence-electron chi connectivity index (χ1n) is 7.56. The van der Waals surface area contributed by atoms with Gasteiger partial charge >= 0.3 is 0 Å². The Balaban J connectivity index is 2.03. The zero-order valence-corrected chi connectivity index (χ0v) is 12.8. The molecule has 1 aliphatic rings. The van der Waals surface area contributed by atoms with E-state index in [1.54, 1.807) is 0 Å². The van der Waals surface area contributed by atoms with Crippen molar-refractivity contribution in [3.05, 3.63) is 23.8 Å². The molecular weight excluding hydrogens is 252 g/mol. The van der Waals surface area contributed by atoms with Crippen LogP contribution in [0.15, 0.2) is 18.2 Å². The number of unbranched alkanes of at least 4 members (excludes halogenated alkanes) is 1. The molecule has 0 aliphatic carbocycles. The Hall–Kier alpha value is -1.26. The number of hydrogen-bond acceptors (Lipinski definition) is 4. The fraction of sp³-hybridized carbons (Fsp3) is 0.625. The van der Waals surface area contributed by atoms with Gasteiger partial charge in [-0.3, -0.25) is 0 Å². The third-order valence-corrected chi connectivity index (χ3v) is 3.64. The number of fused-ring (bicyclic) bond motifs is 1. The van der Waals surface area contributed by atoms with E-state index >= 15 is 0 Å². The van der Waals surface area contributed by atoms with Crippen molar-refractivity contribution in [3.8, 4) is 11.5 Å². The second-order valence-electron chi connectivity index (χ2n) is 5.34. The summed E-state index contributed by atoms with van der Waals surface area (Å²) in [6.07, 6.45) is 2.48. The SMILES string of the molecule is CCCCN(C)CC(NCC)c1ccc2c(c1)OCO2. The van der Waals surface area contributed by atoms with Gasteiger partial charge in [-0.2, -0.15) is 0 Å². The number of benzene rings is 1. The third kappa shape index (κ3) is 3.87.